The second kappa shape index (κ2) is 13.7. The van der Waals surface area contributed by atoms with E-state index in [1.165, 1.54) is 4.52 Å². The predicted octanol–water partition coefficient (Wildman–Crippen LogP) is 2.37. The van der Waals surface area contributed by atoms with Crippen molar-refractivity contribution in [2.75, 3.05) is 12.3 Å². The van der Waals surface area contributed by atoms with Crippen molar-refractivity contribution in [2.45, 2.75) is 32.6 Å². The van der Waals surface area contributed by atoms with E-state index in [9.17, 15) is 24.0 Å². The van der Waals surface area contributed by atoms with Crippen LogP contribution in [0.2, 0.25) is 0 Å². The van der Waals surface area contributed by atoms with Crippen molar-refractivity contribution in [3.8, 4) is 17.5 Å². The van der Waals surface area contributed by atoms with Gasteiger partial charge in [-0.15, -0.1) is 5.10 Å². The van der Waals surface area contributed by atoms with Crippen LogP contribution in [0.4, 0.5) is 5.82 Å². The molecule has 232 valence electrons. The lowest BCUT2D eigenvalue weighted by atomic mass is 9.87. The maximum atomic E-state index is 13.5. The van der Waals surface area contributed by atoms with Crippen LogP contribution in [-0.2, 0) is 20.8 Å². The van der Waals surface area contributed by atoms with E-state index in [1.807, 2.05) is 55.5 Å². The fourth-order valence-electron chi connectivity index (χ4n) is 5.37. The monoisotopic (exact) mass is 617 g/mol. The van der Waals surface area contributed by atoms with Crippen LogP contribution in [-0.4, -0.2) is 49.1 Å². The third-order valence-electron chi connectivity index (χ3n) is 7.46. The number of amides is 2. The quantitative estimate of drug-likeness (QED) is 0.198. The number of aryl methyl sites for hydroxylation is 1. The molecule has 2 aromatic carbocycles. The highest BCUT2D eigenvalue weighted by atomic mass is 16.2. The molecule has 12 nitrogen and oxygen atoms in total. The van der Waals surface area contributed by atoms with Crippen LogP contribution in [0.25, 0.3) is 22.1 Å². The number of carbonyl (C=O) groups is 4. The molecule has 1 aliphatic rings. The Morgan fingerprint density at radius 2 is 1.76 bits per heavy atom. The fourth-order valence-corrected chi connectivity index (χ4v) is 5.37. The minimum atomic E-state index is -0.622. The summed E-state index contributed by atoms with van der Waals surface area (Å²) in [7, 11) is 0. The highest BCUT2D eigenvalue weighted by Crippen LogP contribution is 2.20. The zero-order valence-corrected chi connectivity index (χ0v) is 25.0. The molecule has 0 unspecified atom stereocenters. The van der Waals surface area contributed by atoms with Crippen molar-refractivity contribution in [1.82, 2.24) is 24.5 Å². The van der Waals surface area contributed by atoms with E-state index >= 15 is 0 Å². The van der Waals surface area contributed by atoms with Gasteiger partial charge in [-0.3, -0.25) is 28.5 Å². The SMILES string of the molecule is CCc1cc2cccc(C#CCNC(=O)C3CC(=O)CC(=O)C3)c2c(=O)n1-c1ccccc1.NC(=O)c1c(N)nn2cccnc12. The number of nitrogen functional groups attached to an aromatic ring is 1. The van der Waals surface area contributed by atoms with Crippen LogP contribution < -0.4 is 22.3 Å². The summed E-state index contributed by atoms with van der Waals surface area (Å²) < 4.78 is 3.13. The molecule has 0 aliphatic heterocycles. The number of primary amides is 1. The lowest BCUT2D eigenvalue weighted by molar-refractivity contribution is -0.137. The van der Waals surface area contributed by atoms with E-state index < -0.39 is 11.8 Å². The number of rotatable bonds is 5. The Labute approximate surface area is 263 Å². The van der Waals surface area contributed by atoms with Gasteiger partial charge in [0.05, 0.1) is 24.3 Å². The number of nitrogens with zero attached hydrogens (tertiary/aromatic N) is 4. The van der Waals surface area contributed by atoms with E-state index in [4.69, 9.17) is 11.5 Å². The van der Waals surface area contributed by atoms with E-state index in [0.29, 0.717) is 23.0 Å². The predicted molar refractivity (Wildman–Crippen MR) is 172 cm³/mol. The molecular formula is C34H31N7O5. The van der Waals surface area contributed by atoms with Gasteiger partial charge in [0.25, 0.3) is 11.5 Å². The summed E-state index contributed by atoms with van der Waals surface area (Å²) in [6.07, 6.45) is 3.99. The first-order valence-electron chi connectivity index (χ1n) is 14.6. The highest BCUT2D eigenvalue weighted by Gasteiger charge is 2.30. The Bertz CT molecular complexity index is 2090. The van der Waals surface area contributed by atoms with Gasteiger partial charge in [0.1, 0.15) is 17.1 Å². The molecule has 2 amide bonds. The largest absolute Gasteiger partial charge is 0.381 e. The molecule has 0 saturated heterocycles. The summed E-state index contributed by atoms with van der Waals surface area (Å²) in [5, 5.41) is 7.89. The fraction of sp³-hybridized carbons (Fsp3) is 0.206. The van der Waals surface area contributed by atoms with Gasteiger partial charge < -0.3 is 16.8 Å². The molecule has 6 rings (SSSR count). The van der Waals surface area contributed by atoms with Crippen molar-refractivity contribution in [3.05, 3.63) is 100 Å². The van der Waals surface area contributed by atoms with Crippen molar-refractivity contribution in [2.24, 2.45) is 11.7 Å². The minimum absolute atomic E-state index is 0.0635. The number of Topliss-reactive ketones (excluding diaryl/α,β-unsaturated/α-hetero) is 2. The molecule has 46 heavy (non-hydrogen) atoms. The van der Waals surface area contributed by atoms with Crippen molar-refractivity contribution in [3.63, 3.8) is 0 Å². The second-order valence-electron chi connectivity index (χ2n) is 10.6. The zero-order valence-electron chi connectivity index (χ0n) is 25.0. The maximum Gasteiger partial charge on any atom is 0.264 e. The number of hydrogen-bond acceptors (Lipinski definition) is 8. The van der Waals surface area contributed by atoms with Gasteiger partial charge in [0, 0.05) is 42.2 Å². The van der Waals surface area contributed by atoms with Gasteiger partial charge in [0.15, 0.2) is 11.5 Å². The van der Waals surface area contributed by atoms with Gasteiger partial charge >= 0.3 is 0 Å². The molecule has 1 aliphatic carbocycles. The number of ketones is 2. The lowest BCUT2D eigenvalue weighted by Crippen LogP contribution is -2.36. The first kappa shape index (κ1) is 31.3. The number of aromatic nitrogens is 4. The number of nitrogens with one attached hydrogen (secondary N) is 1. The molecule has 0 bridgehead atoms. The standard InChI is InChI=1S/C27H24N2O4.C7H7N5O/c1-2-21-14-19-9-6-8-18(25(19)27(33)29(21)22-11-4-3-5-12-22)10-7-13-28-26(32)20-15-23(30)17-24(31)16-20;8-5-4(6(9)13)7-10-2-1-3-12(7)11-5/h3-6,8-9,11-12,14,20H,2,13,15-17H2,1H3,(H,28,32);1-3H,(H2,8,11)(H2,9,13). The molecule has 0 spiro atoms. The summed E-state index contributed by atoms with van der Waals surface area (Å²) in [5.74, 6) is 4.03. The molecule has 3 heterocycles. The number of hydrogen-bond donors (Lipinski definition) is 3. The Balaban J connectivity index is 0.000000266. The van der Waals surface area contributed by atoms with Crippen LogP contribution in [0.5, 0.6) is 0 Å². The van der Waals surface area contributed by atoms with Gasteiger partial charge in [-0.1, -0.05) is 49.1 Å². The van der Waals surface area contributed by atoms with E-state index in [2.05, 4.69) is 27.2 Å². The van der Waals surface area contributed by atoms with E-state index in [-0.39, 0.29) is 60.2 Å². The second-order valence-corrected chi connectivity index (χ2v) is 10.6. The van der Waals surface area contributed by atoms with Crippen LogP contribution >= 0.6 is 0 Å². The average molecular weight is 618 g/mol. The van der Waals surface area contributed by atoms with E-state index in [0.717, 1.165) is 16.8 Å². The Morgan fingerprint density at radius 3 is 2.46 bits per heavy atom. The molecule has 1 fully saturated rings. The van der Waals surface area contributed by atoms with Crippen LogP contribution in [0.15, 0.2) is 77.9 Å². The van der Waals surface area contributed by atoms with Crippen LogP contribution in [0.3, 0.4) is 0 Å². The average Bonchev–Trinajstić information content (AvgIpc) is 3.39. The maximum absolute atomic E-state index is 13.5. The Kier molecular flexibility index (Phi) is 9.33. The summed E-state index contributed by atoms with van der Waals surface area (Å²) in [4.78, 5) is 63.8. The number of benzene rings is 2. The van der Waals surface area contributed by atoms with Crippen molar-refractivity contribution in [1.29, 1.82) is 0 Å². The number of para-hydroxylation sites is 1. The van der Waals surface area contributed by atoms with Crippen LogP contribution in [0.1, 0.15) is 47.8 Å². The Hall–Kier alpha value is -6.09. The first-order valence-corrected chi connectivity index (χ1v) is 14.6. The lowest BCUT2D eigenvalue weighted by Gasteiger charge is -2.18. The van der Waals surface area contributed by atoms with Gasteiger partial charge in [-0.05, 0) is 42.1 Å². The third-order valence-corrected chi connectivity index (χ3v) is 7.46. The topological polar surface area (TPSA) is 185 Å². The number of nitrogens with two attached hydrogens (primary N) is 2. The molecule has 12 heteroatoms. The number of carbonyl (C=O) groups excluding carboxylic acids is 4. The molecule has 5 N–H and O–H groups in total. The number of anilines is 1. The normalized spacial score (nSPS) is 13.1. The summed E-state index contributed by atoms with van der Waals surface area (Å²) >= 11 is 0. The first-order chi connectivity index (χ1) is 22.2. The molecule has 1 saturated carbocycles. The van der Waals surface area contributed by atoms with Gasteiger partial charge in [-0.2, -0.15) is 0 Å². The van der Waals surface area contributed by atoms with Gasteiger partial charge in [0.2, 0.25) is 5.91 Å². The molecule has 5 aromatic rings. The smallest absolute Gasteiger partial charge is 0.264 e. The molecule has 0 atom stereocenters. The summed E-state index contributed by atoms with van der Waals surface area (Å²) in [5.41, 5.74) is 13.3. The molecule has 3 aromatic heterocycles. The van der Waals surface area contributed by atoms with Crippen molar-refractivity contribution < 1.29 is 19.2 Å². The zero-order chi connectivity index (χ0) is 32.8. The van der Waals surface area contributed by atoms with E-state index in [1.54, 1.807) is 29.1 Å². The highest BCUT2D eigenvalue weighted by molar-refractivity contribution is 6.05. The Morgan fingerprint density at radius 1 is 1.02 bits per heavy atom. The van der Waals surface area contributed by atoms with Gasteiger partial charge in [-0.25, -0.2) is 9.50 Å². The van der Waals surface area contributed by atoms with Crippen LogP contribution in [0, 0.1) is 17.8 Å². The molecular weight excluding hydrogens is 586 g/mol. The van der Waals surface area contributed by atoms with Crippen molar-refractivity contribution >= 4 is 45.6 Å². The third kappa shape index (κ3) is 6.68. The number of pyridine rings is 1. The summed E-state index contributed by atoms with van der Waals surface area (Å²) in [6, 6.07) is 18.7. The number of fused-ring (bicyclic) bond motifs is 2. The summed E-state index contributed by atoms with van der Waals surface area (Å²) in [6.45, 7) is 2.08. The molecule has 0 radical (unpaired) electrons. The minimum Gasteiger partial charge on any atom is -0.381 e.